The number of carbonyl (C=O) groups excluding carboxylic acids is 1. The summed E-state index contributed by atoms with van der Waals surface area (Å²) in [6.07, 6.45) is 2.61. The number of nitrogens with one attached hydrogen (secondary N) is 3. The van der Waals surface area contributed by atoms with Crippen LogP contribution in [0.25, 0.3) is 11.1 Å². The maximum atomic E-state index is 13.3. The number of carboxylic acid groups (broad SMARTS) is 1. The van der Waals surface area contributed by atoms with Crippen molar-refractivity contribution in [3.63, 3.8) is 0 Å². The van der Waals surface area contributed by atoms with E-state index in [0.717, 1.165) is 52.0 Å². The first-order valence-corrected chi connectivity index (χ1v) is 17.7. The lowest BCUT2D eigenvalue weighted by Crippen LogP contribution is -2.38. The molecule has 0 fully saturated rings. The molecular weight excluding hydrogens is 632 g/mol. The number of aliphatic carboxylic acids is 1. The van der Waals surface area contributed by atoms with Crippen molar-refractivity contribution in [2.45, 2.75) is 89.2 Å². The van der Waals surface area contributed by atoms with Gasteiger partial charge >= 0.3 is 12.1 Å². The lowest BCUT2D eigenvalue weighted by atomic mass is 9.88. The molecule has 2 aliphatic rings. The second kappa shape index (κ2) is 14.4. The van der Waals surface area contributed by atoms with E-state index in [-0.39, 0.29) is 36.0 Å². The molecule has 0 saturated heterocycles. The summed E-state index contributed by atoms with van der Waals surface area (Å²) in [4.78, 5) is 31.0. The Morgan fingerprint density at radius 1 is 1.04 bits per heavy atom. The minimum atomic E-state index is -3.92. The highest BCUT2D eigenvalue weighted by Crippen LogP contribution is 2.45. The molecule has 11 nitrogen and oxygen atoms in total. The fourth-order valence-electron chi connectivity index (χ4n) is 6.69. The zero-order valence-electron chi connectivity index (χ0n) is 28.1. The second-order valence-corrected chi connectivity index (χ2v) is 14.7. The van der Waals surface area contributed by atoms with Gasteiger partial charge in [-0.2, -0.15) is 0 Å². The van der Waals surface area contributed by atoms with Crippen LogP contribution in [0.4, 0.5) is 4.79 Å². The van der Waals surface area contributed by atoms with Crippen molar-refractivity contribution in [1.82, 2.24) is 15.6 Å². The molecule has 1 heterocycles. The molecular formula is C36H44N4O7S. The van der Waals surface area contributed by atoms with Crippen LogP contribution in [0.1, 0.15) is 78.8 Å². The molecule has 0 bridgehead atoms. The maximum absolute atomic E-state index is 13.3. The van der Waals surface area contributed by atoms with Crippen molar-refractivity contribution in [3.05, 3.63) is 81.9 Å². The summed E-state index contributed by atoms with van der Waals surface area (Å²) in [6, 6.07) is 15.4. The third-order valence-electron chi connectivity index (χ3n) is 9.21. The lowest BCUT2D eigenvalue weighted by molar-refractivity contribution is -0.137. The first-order valence-electron chi connectivity index (χ1n) is 16.2. The quantitative estimate of drug-likeness (QED) is 0.0779. The van der Waals surface area contributed by atoms with Crippen molar-refractivity contribution in [2.75, 3.05) is 13.2 Å². The molecule has 0 unspecified atom stereocenters. The van der Waals surface area contributed by atoms with Gasteiger partial charge in [-0.1, -0.05) is 48.5 Å². The molecule has 12 heteroatoms. The molecule has 0 radical (unpaired) electrons. The maximum Gasteiger partial charge on any atom is 0.407 e. The Bertz CT molecular complexity index is 1790. The van der Waals surface area contributed by atoms with Crippen LogP contribution in [-0.2, 0) is 26.0 Å². The predicted octanol–water partition coefficient (Wildman–Crippen LogP) is 5.69. The van der Waals surface area contributed by atoms with E-state index in [4.69, 9.17) is 9.47 Å². The largest absolute Gasteiger partial charge is 0.487 e. The first kappa shape index (κ1) is 34.9. The molecule has 48 heavy (non-hydrogen) atoms. The normalized spacial score (nSPS) is 15.6. The van der Waals surface area contributed by atoms with Crippen molar-refractivity contribution in [1.29, 1.82) is 0 Å². The van der Waals surface area contributed by atoms with Gasteiger partial charge in [-0.15, -0.1) is 4.83 Å². The van der Waals surface area contributed by atoms with Crippen molar-refractivity contribution in [3.8, 4) is 16.9 Å². The number of carboxylic acids is 1. The zero-order valence-corrected chi connectivity index (χ0v) is 28.9. The van der Waals surface area contributed by atoms with Gasteiger partial charge in [-0.3, -0.25) is 15.2 Å². The molecule has 0 saturated carbocycles. The Morgan fingerprint density at radius 3 is 2.33 bits per heavy atom. The summed E-state index contributed by atoms with van der Waals surface area (Å²) in [6.45, 7) is 9.93. The van der Waals surface area contributed by atoms with Crippen molar-refractivity contribution in [2.24, 2.45) is 4.99 Å². The van der Waals surface area contributed by atoms with Crippen molar-refractivity contribution >= 4 is 28.4 Å². The molecule has 1 atom stereocenters. The first-order chi connectivity index (χ1) is 22.8. The molecule has 3 aromatic carbocycles. The summed E-state index contributed by atoms with van der Waals surface area (Å²) < 4.78 is 38.4. The molecule has 256 valence electrons. The van der Waals surface area contributed by atoms with Gasteiger partial charge in [0.25, 0.3) is 10.0 Å². The summed E-state index contributed by atoms with van der Waals surface area (Å²) >= 11 is 0. The van der Waals surface area contributed by atoms with Crippen LogP contribution in [0, 0.1) is 20.8 Å². The smallest absolute Gasteiger partial charge is 0.407 e. The number of amides is 1. The molecule has 1 amide bonds. The van der Waals surface area contributed by atoms with E-state index in [1.54, 1.807) is 13.8 Å². The SMILES string of the molecule is Cc1c(C)c(S(=O)(=O)NNC=NCCC[C@@H](CC(=O)O)NC(=O)OCC2c3ccccc3-c3ccccc32)c(C)c2c1OC(C)(C)CC2. The zero-order chi connectivity index (χ0) is 34.6. The minimum Gasteiger partial charge on any atom is -0.487 e. The molecule has 4 N–H and O–H groups in total. The number of rotatable bonds is 13. The number of benzene rings is 3. The minimum absolute atomic E-state index is 0.106. The number of fused-ring (bicyclic) bond motifs is 4. The van der Waals surface area contributed by atoms with E-state index in [9.17, 15) is 23.1 Å². The third kappa shape index (κ3) is 7.65. The standard InChI is InChI=1S/C36H44N4O7S/c1-22-23(2)34(24(3)26-16-17-36(4,5)47-33(22)26)48(44,45)40-38-21-37-18-10-11-25(19-32(41)42)39-35(43)46-20-31-29-14-8-6-12-27(29)28-13-7-9-15-30(28)31/h6-9,12-15,21,25,31,40H,10-11,16-20H2,1-5H3,(H,37,38)(H,39,43)(H,41,42)/t25-/m0/s1. The summed E-state index contributed by atoms with van der Waals surface area (Å²) in [5.41, 5.74) is 9.67. The van der Waals surface area contributed by atoms with E-state index < -0.39 is 28.1 Å². The van der Waals surface area contributed by atoms with Crippen LogP contribution >= 0.6 is 0 Å². The molecule has 0 spiro atoms. The predicted molar refractivity (Wildman–Crippen MR) is 184 cm³/mol. The average Bonchev–Trinajstić information content (AvgIpc) is 3.35. The van der Waals surface area contributed by atoms with Crippen LogP contribution in [0.2, 0.25) is 0 Å². The highest BCUT2D eigenvalue weighted by molar-refractivity contribution is 7.89. The number of ether oxygens (including phenoxy) is 2. The molecule has 1 aliphatic carbocycles. The Labute approximate surface area is 282 Å². The Morgan fingerprint density at radius 2 is 1.69 bits per heavy atom. The molecule has 5 rings (SSSR count). The van der Waals surface area contributed by atoms with Gasteiger partial charge in [-0.25, -0.2) is 13.2 Å². The van der Waals surface area contributed by atoms with E-state index in [0.29, 0.717) is 24.0 Å². The van der Waals surface area contributed by atoms with Gasteiger partial charge in [0.05, 0.1) is 17.7 Å². The topological polar surface area (TPSA) is 155 Å². The van der Waals surface area contributed by atoms with Crippen LogP contribution in [0.15, 0.2) is 58.4 Å². The van der Waals surface area contributed by atoms with E-state index in [1.807, 2.05) is 57.2 Å². The summed E-state index contributed by atoms with van der Waals surface area (Å²) in [5.74, 6) is -0.383. The number of sulfonamides is 1. The number of carbonyl (C=O) groups is 2. The summed E-state index contributed by atoms with van der Waals surface area (Å²) in [5, 5.41) is 12.1. The highest BCUT2D eigenvalue weighted by atomic mass is 32.2. The van der Waals surface area contributed by atoms with Crippen LogP contribution in [0.5, 0.6) is 5.75 Å². The van der Waals surface area contributed by atoms with Gasteiger partial charge in [-0.05, 0) is 105 Å². The average molecular weight is 677 g/mol. The van der Waals surface area contributed by atoms with E-state index >= 15 is 0 Å². The van der Waals surface area contributed by atoms with Crippen LogP contribution in [-0.4, -0.2) is 56.7 Å². The summed E-state index contributed by atoms with van der Waals surface area (Å²) in [7, 11) is -3.92. The van der Waals surface area contributed by atoms with Gasteiger partial charge in [0.15, 0.2) is 0 Å². The fourth-order valence-corrected chi connectivity index (χ4v) is 8.08. The van der Waals surface area contributed by atoms with Gasteiger partial charge < -0.3 is 19.9 Å². The molecule has 3 aromatic rings. The van der Waals surface area contributed by atoms with Gasteiger partial charge in [0, 0.05) is 18.5 Å². The van der Waals surface area contributed by atoms with Crippen LogP contribution in [0.3, 0.4) is 0 Å². The number of alkyl carbamates (subject to hydrolysis) is 1. The molecule has 0 aromatic heterocycles. The number of hydrogen-bond acceptors (Lipinski definition) is 7. The number of hydrogen-bond donors (Lipinski definition) is 4. The fraction of sp³-hybridized carbons (Fsp3) is 0.417. The number of hydrazine groups is 1. The van der Waals surface area contributed by atoms with E-state index in [2.05, 4.69) is 32.7 Å². The van der Waals surface area contributed by atoms with Gasteiger partial charge in [0.1, 0.15) is 18.0 Å². The lowest BCUT2D eigenvalue weighted by Gasteiger charge is -2.35. The third-order valence-corrected chi connectivity index (χ3v) is 10.7. The highest BCUT2D eigenvalue weighted by Gasteiger charge is 2.33. The second-order valence-electron chi connectivity index (χ2n) is 13.1. The Balaban J connectivity index is 1.11. The van der Waals surface area contributed by atoms with Crippen molar-refractivity contribution < 1.29 is 32.6 Å². The number of aliphatic imine (C=N–C) groups is 1. The van der Waals surface area contributed by atoms with Crippen LogP contribution < -0.4 is 20.3 Å². The molecule has 1 aliphatic heterocycles. The monoisotopic (exact) mass is 676 g/mol. The van der Waals surface area contributed by atoms with Gasteiger partial charge in [0.2, 0.25) is 0 Å². The Hall–Kier alpha value is -4.42. The number of nitrogens with zero attached hydrogens (tertiary/aromatic N) is 1. The Kier molecular flexibility index (Phi) is 10.4. The van der Waals surface area contributed by atoms with E-state index in [1.165, 1.54) is 6.34 Å².